The van der Waals surface area contributed by atoms with Crippen LogP contribution in [-0.4, -0.2) is 36.3 Å². The summed E-state index contributed by atoms with van der Waals surface area (Å²) >= 11 is 0. The van der Waals surface area contributed by atoms with Crippen molar-refractivity contribution in [2.45, 2.75) is 11.0 Å². The van der Waals surface area contributed by atoms with Crippen molar-refractivity contribution in [3.63, 3.8) is 0 Å². The Kier molecular flexibility index (Phi) is 4.56. The van der Waals surface area contributed by atoms with Gasteiger partial charge in [0.1, 0.15) is 0 Å². The largest absolute Gasteiger partial charge is 0.524 e. The van der Waals surface area contributed by atoms with Crippen LogP contribution in [0.4, 0.5) is 26.3 Å². The normalized spacial score (nSPS) is 15.5. The molecule has 0 unspecified atom stereocenters. The summed E-state index contributed by atoms with van der Waals surface area (Å²) < 4.78 is 135. The van der Waals surface area contributed by atoms with Crippen LogP contribution < -0.4 is 0 Å². The van der Waals surface area contributed by atoms with Gasteiger partial charge in [-0.15, -0.1) is 7.26 Å². The molecule has 0 aliphatic rings. The van der Waals surface area contributed by atoms with Gasteiger partial charge in [-0.1, -0.05) is 0 Å². The summed E-state index contributed by atoms with van der Waals surface area (Å²) in [5.41, 5.74) is -12.7. The first-order valence-electron chi connectivity index (χ1n) is 3.21. The number of halogens is 6. The molecule has 19 heavy (non-hydrogen) atoms. The van der Waals surface area contributed by atoms with Crippen LogP contribution >= 0.6 is 0 Å². The zero-order valence-electron chi connectivity index (χ0n) is 7.76. The fraction of sp³-hybridized carbons (Fsp3) is 1.00. The Morgan fingerprint density at radius 2 is 0.789 bits per heavy atom. The number of hydrogen-bond donors (Lipinski definition) is 0. The molecule has 0 aromatic heterocycles. The Morgan fingerprint density at radius 3 is 0.947 bits per heavy atom. The van der Waals surface area contributed by atoms with Gasteiger partial charge in [-0.25, -0.2) is 0 Å². The Hall–Kier alpha value is -0.650. The highest BCUT2D eigenvalue weighted by atomic mass is 32.3. The molecule has 0 amide bonds. The molecule has 0 spiro atoms. The average Bonchev–Trinajstić information content (AvgIpc) is 1.93. The maximum absolute atomic E-state index is 11.6. The molecule has 0 saturated heterocycles. The molecule has 0 aliphatic carbocycles. The lowest BCUT2D eigenvalue weighted by Gasteiger charge is -2.09. The smallest absolute Gasteiger partial charge is 0.188 e. The van der Waals surface area contributed by atoms with E-state index in [1.54, 1.807) is 0 Å². The minimum absolute atomic E-state index is 2.24. The van der Waals surface area contributed by atoms with Crippen LogP contribution in [0.15, 0.2) is 0 Å². The van der Waals surface area contributed by atoms with Crippen LogP contribution in [0.2, 0.25) is 0 Å². The van der Waals surface area contributed by atoms with E-state index >= 15 is 0 Å². The molecule has 0 N–H and O–H groups in total. The van der Waals surface area contributed by atoms with Gasteiger partial charge < -0.3 is 0 Å². The van der Waals surface area contributed by atoms with E-state index in [1.165, 1.54) is 0 Å². The lowest BCUT2D eigenvalue weighted by molar-refractivity contribution is -0.0516. The maximum Gasteiger partial charge on any atom is 0.524 e. The fourth-order valence-electron chi connectivity index (χ4n) is 0.308. The highest BCUT2D eigenvalue weighted by Gasteiger charge is 2.55. The molecule has 0 aromatic rings. The van der Waals surface area contributed by atoms with Crippen molar-refractivity contribution in [3.05, 3.63) is 0 Å². The number of rotatable bonds is 4. The summed E-state index contributed by atoms with van der Waals surface area (Å²) in [7, 11) is -20.5. The summed E-state index contributed by atoms with van der Waals surface area (Å²) in [6.07, 6.45) is 0. The Morgan fingerprint density at radius 1 is 0.579 bits per heavy atom. The van der Waals surface area contributed by atoms with E-state index in [1.807, 2.05) is 0 Å². The highest BCUT2D eigenvalue weighted by molar-refractivity contribution is 8.03. The first-order chi connectivity index (χ1) is 7.91. The minimum atomic E-state index is -6.92. The molecule has 0 aliphatic heterocycles. The summed E-state index contributed by atoms with van der Waals surface area (Å²) in [6, 6.07) is 0. The molecule has 0 atom stereocenters. The van der Waals surface area contributed by atoms with Crippen LogP contribution in [0.5, 0.6) is 0 Å². The monoisotopic (exact) mass is 362 g/mol. The minimum Gasteiger partial charge on any atom is -0.188 e. The van der Waals surface area contributed by atoms with Crippen LogP contribution in [0.1, 0.15) is 0 Å². The third-order valence-corrected chi connectivity index (χ3v) is 4.81. The molecule has 0 heterocycles. The van der Waals surface area contributed by atoms with E-state index in [2.05, 4.69) is 7.26 Å². The number of alkyl halides is 6. The van der Waals surface area contributed by atoms with Gasteiger partial charge in [0.2, 0.25) is 0 Å². The summed E-state index contributed by atoms with van der Waals surface area (Å²) in [5, 5.41) is 0. The summed E-state index contributed by atoms with van der Waals surface area (Å²) in [4.78, 5) is 0. The topological polar surface area (TPSA) is 121 Å². The predicted octanol–water partition coefficient (Wildman–Crippen LogP) is -0.0364. The van der Waals surface area contributed by atoms with Gasteiger partial charge in [-0.05, 0) is 0 Å². The second-order valence-corrected chi connectivity index (χ2v) is 6.99. The van der Waals surface area contributed by atoms with Gasteiger partial charge >= 0.3 is 41.7 Å². The molecule has 0 saturated carbocycles. The molecule has 0 fully saturated rings. The first-order valence-corrected chi connectivity index (χ1v) is 7.36. The van der Waals surface area contributed by atoms with Crippen molar-refractivity contribution in [3.8, 4) is 0 Å². The highest BCUT2D eigenvalue weighted by Crippen LogP contribution is 2.30. The maximum atomic E-state index is 11.6. The molecular formula is C2F6O8S3. The Labute approximate surface area is 101 Å². The van der Waals surface area contributed by atoms with Crippen LogP contribution in [0.3, 0.4) is 0 Å². The standard InChI is InChI=1S/C2F6O8S3/c3-1(4,5)17(9,10)15-19(13,14)16-18(11,12)2(6,7)8. The Bertz CT molecular complexity index is 580. The van der Waals surface area contributed by atoms with Gasteiger partial charge in [0.05, 0.1) is 0 Å². The summed E-state index contributed by atoms with van der Waals surface area (Å²) in [5.74, 6) is 0. The quantitative estimate of drug-likeness (QED) is 0.505. The Balaban J connectivity index is 5.41. The molecule has 8 nitrogen and oxygen atoms in total. The van der Waals surface area contributed by atoms with Gasteiger partial charge in [0.25, 0.3) is 0 Å². The summed E-state index contributed by atoms with van der Waals surface area (Å²) in [6.45, 7) is 0. The van der Waals surface area contributed by atoms with Crippen molar-refractivity contribution in [2.24, 2.45) is 0 Å². The van der Waals surface area contributed by atoms with E-state index in [0.717, 1.165) is 0 Å². The third-order valence-electron chi connectivity index (χ3n) is 0.913. The van der Waals surface area contributed by atoms with Crippen molar-refractivity contribution < 1.29 is 58.9 Å². The molecule has 0 aromatic carbocycles. The SMILES string of the molecule is O=S(=O)(OS(=O)(=O)C(F)(F)F)OS(=O)(=O)C(F)(F)F. The zero-order chi connectivity index (χ0) is 15.9. The lowest BCUT2D eigenvalue weighted by Crippen LogP contribution is -2.33. The zero-order valence-corrected chi connectivity index (χ0v) is 10.2. The average molecular weight is 362 g/mol. The van der Waals surface area contributed by atoms with Crippen LogP contribution in [-0.2, 0) is 37.9 Å². The van der Waals surface area contributed by atoms with E-state index in [-0.39, 0.29) is 0 Å². The van der Waals surface area contributed by atoms with E-state index in [0.29, 0.717) is 0 Å². The lowest BCUT2D eigenvalue weighted by atomic mass is 11.6. The van der Waals surface area contributed by atoms with Crippen LogP contribution in [0, 0.1) is 0 Å². The fourth-order valence-corrected chi connectivity index (χ4v) is 2.98. The van der Waals surface area contributed by atoms with E-state index in [4.69, 9.17) is 0 Å². The third kappa shape index (κ3) is 4.75. The first kappa shape index (κ1) is 18.4. The molecule has 116 valence electrons. The van der Waals surface area contributed by atoms with Crippen molar-refractivity contribution in [2.75, 3.05) is 0 Å². The van der Waals surface area contributed by atoms with E-state index in [9.17, 15) is 51.6 Å². The van der Waals surface area contributed by atoms with Gasteiger partial charge in [0.15, 0.2) is 0 Å². The molecule has 17 heteroatoms. The molecular weight excluding hydrogens is 362 g/mol. The van der Waals surface area contributed by atoms with Crippen molar-refractivity contribution in [1.29, 1.82) is 0 Å². The van der Waals surface area contributed by atoms with Crippen LogP contribution in [0.25, 0.3) is 0 Å². The van der Waals surface area contributed by atoms with Gasteiger partial charge in [-0.3, -0.25) is 0 Å². The van der Waals surface area contributed by atoms with E-state index < -0.39 is 41.7 Å². The van der Waals surface area contributed by atoms with Gasteiger partial charge in [-0.2, -0.15) is 51.6 Å². The van der Waals surface area contributed by atoms with Gasteiger partial charge in [0, 0.05) is 0 Å². The molecule has 0 rings (SSSR count). The van der Waals surface area contributed by atoms with Crippen molar-refractivity contribution >= 4 is 30.6 Å². The van der Waals surface area contributed by atoms with Crippen molar-refractivity contribution in [1.82, 2.24) is 0 Å². The predicted molar refractivity (Wildman–Crippen MR) is 41.0 cm³/mol. The molecule has 0 radical (unpaired) electrons. The number of hydrogen-bond acceptors (Lipinski definition) is 8. The second kappa shape index (κ2) is 4.72. The molecule has 0 bridgehead atoms. The second-order valence-electron chi connectivity index (χ2n) is 2.34.